The lowest BCUT2D eigenvalue weighted by atomic mass is 10.2. The first-order valence-corrected chi connectivity index (χ1v) is 6.19. The maximum absolute atomic E-state index is 4.34. The Labute approximate surface area is 100 Å². The number of hydrogen-bond acceptors (Lipinski definition) is 4. The van der Waals surface area contributed by atoms with Gasteiger partial charge in [-0.25, -0.2) is 4.98 Å². The second kappa shape index (κ2) is 3.98. The van der Waals surface area contributed by atoms with Gasteiger partial charge >= 0.3 is 0 Å². The summed E-state index contributed by atoms with van der Waals surface area (Å²) in [4.78, 5) is 4.34. The Hall–Kier alpha value is -1.65. The van der Waals surface area contributed by atoms with Crippen LogP contribution in [0, 0.1) is 5.92 Å². The minimum absolute atomic E-state index is 0.586. The van der Waals surface area contributed by atoms with E-state index in [0.717, 1.165) is 23.8 Å². The molecule has 0 amide bonds. The molecule has 2 heterocycles. The monoisotopic (exact) mass is 231 g/mol. The molecule has 1 aliphatic rings. The van der Waals surface area contributed by atoms with Gasteiger partial charge in [-0.2, -0.15) is 0 Å². The van der Waals surface area contributed by atoms with Crippen LogP contribution in [0.1, 0.15) is 38.4 Å². The zero-order valence-corrected chi connectivity index (χ0v) is 10.2. The van der Waals surface area contributed by atoms with Crippen LogP contribution in [0.15, 0.2) is 12.4 Å². The van der Waals surface area contributed by atoms with Crippen molar-refractivity contribution in [2.24, 2.45) is 5.92 Å². The van der Waals surface area contributed by atoms with Crippen LogP contribution in [0.2, 0.25) is 0 Å². The van der Waals surface area contributed by atoms with Crippen LogP contribution in [0.4, 0.5) is 5.82 Å². The van der Waals surface area contributed by atoms with Crippen LogP contribution in [0.25, 0.3) is 5.65 Å². The predicted octanol–water partition coefficient (Wildman–Crippen LogP) is 2.07. The van der Waals surface area contributed by atoms with Crippen LogP contribution in [-0.2, 0) is 0 Å². The zero-order chi connectivity index (χ0) is 11.8. The van der Waals surface area contributed by atoms with Gasteiger partial charge in [0.1, 0.15) is 5.82 Å². The van der Waals surface area contributed by atoms with Crippen molar-refractivity contribution in [2.45, 2.75) is 32.6 Å². The van der Waals surface area contributed by atoms with Crippen LogP contribution < -0.4 is 5.32 Å². The highest BCUT2D eigenvalue weighted by Gasteiger charge is 2.29. The summed E-state index contributed by atoms with van der Waals surface area (Å²) in [5.41, 5.74) is 0.843. The van der Waals surface area contributed by atoms with Crippen LogP contribution in [0.5, 0.6) is 0 Å². The molecule has 0 radical (unpaired) electrons. The summed E-state index contributed by atoms with van der Waals surface area (Å²) < 4.78 is 2.06. The van der Waals surface area contributed by atoms with E-state index in [0.29, 0.717) is 11.8 Å². The van der Waals surface area contributed by atoms with Gasteiger partial charge in [0.05, 0.1) is 0 Å². The second-order valence-corrected chi connectivity index (χ2v) is 5.08. The van der Waals surface area contributed by atoms with Gasteiger partial charge in [-0.1, -0.05) is 13.8 Å². The number of rotatable bonds is 4. The van der Waals surface area contributed by atoms with E-state index in [4.69, 9.17) is 0 Å². The molecule has 1 saturated carbocycles. The summed E-state index contributed by atoms with van der Waals surface area (Å²) in [7, 11) is 0. The van der Waals surface area contributed by atoms with Crippen molar-refractivity contribution in [1.29, 1.82) is 0 Å². The van der Waals surface area contributed by atoms with Crippen molar-refractivity contribution in [3.8, 4) is 0 Å². The Morgan fingerprint density at radius 3 is 2.94 bits per heavy atom. The van der Waals surface area contributed by atoms with Gasteiger partial charge in [-0.15, -0.1) is 10.2 Å². The minimum Gasteiger partial charge on any atom is -0.367 e. The lowest BCUT2D eigenvalue weighted by Gasteiger charge is -2.08. The molecule has 1 N–H and O–H groups in total. The zero-order valence-electron chi connectivity index (χ0n) is 10.2. The predicted molar refractivity (Wildman–Crippen MR) is 66.1 cm³/mol. The van der Waals surface area contributed by atoms with Gasteiger partial charge < -0.3 is 5.32 Å². The maximum atomic E-state index is 4.34. The van der Waals surface area contributed by atoms with E-state index in [1.165, 1.54) is 12.8 Å². The fourth-order valence-corrected chi connectivity index (χ4v) is 1.89. The molecule has 0 saturated heterocycles. The first kappa shape index (κ1) is 10.5. The molecule has 0 aromatic carbocycles. The van der Waals surface area contributed by atoms with Crippen molar-refractivity contribution < 1.29 is 0 Å². The molecule has 2 aromatic rings. The van der Waals surface area contributed by atoms with Crippen LogP contribution in [-0.4, -0.2) is 26.1 Å². The molecular formula is C12H17N5. The van der Waals surface area contributed by atoms with Crippen LogP contribution >= 0.6 is 0 Å². The Morgan fingerprint density at radius 1 is 1.41 bits per heavy atom. The third-order valence-electron chi connectivity index (χ3n) is 2.97. The van der Waals surface area contributed by atoms with Gasteiger partial charge in [0, 0.05) is 24.9 Å². The third kappa shape index (κ3) is 1.97. The van der Waals surface area contributed by atoms with Crippen molar-refractivity contribution in [3.05, 3.63) is 18.2 Å². The fourth-order valence-electron chi connectivity index (χ4n) is 1.89. The van der Waals surface area contributed by atoms with Gasteiger partial charge in [0.2, 0.25) is 5.65 Å². The van der Waals surface area contributed by atoms with Crippen molar-refractivity contribution in [3.63, 3.8) is 0 Å². The summed E-state index contributed by atoms with van der Waals surface area (Å²) in [6.45, 7) is 5.25. The quantitative estimate of drug-likeness (QED) is 0.875. The summed E-state index contributed by atoms with van der Waals surface area (Å²) >= 11 is 0. The van der Waals surface area contributed by atoms with E-state index in [2.05, 4.69) is 38.7 Å². The molecule has 5 heteroatoms. The summed E-state index contributed by atoms with van der Waals surface area (Å²) in [5.74, 6) is 3.10. The van der Waals surface area contributed by atoms with E-state index in [1.807, 2.05) is 12.4 Å². The Morgan fingerprint density at radius 2 is 2.24 bits per heavy atom. The van der Waals surface area contributed by atoms with Crippen molar-refractivity contribution in [2.75, 3.05) is 11.9 Å². The molecule has 1 fully saturated rings. The molecule has 90 valence electrons. The lowest BCUT2D eigenvalue weighted by molar-refractivity contribution is 0.687. The maximum Gasteiger partial charge on any atom is 0.203 e. The number of fused-ring (bicyclic) bond motifs is 1. The first-order valence-electron chi connectivity index (χ1n) is 6.19. The molecule has 2 aromatic heterocycles. The minimum atomic E-state index is 0.586. The molecule has 1 aliphatic carbocycles. The Kier molecular flexibility index (Phi) is 2.46. The molecule has 0 atom stereocenters. The normalized spacial score (nSPS) is 15.7. The molecule has 3 rings (SSSR count). The highest BCUT2D eigenvalue weighted by molar-refractivity contribution is 5.62. The molecule has 0 spiro atoms. The summed E-state index contributed by atoms with van der Waals surface area (Å²) in [5, 5.41) is 11.8. The van der Waals surface area contributed by atoms with Gasteiger partial charge in [0.25, 0.3) is 0 Å². The van der Waals surface area contributed by atoms with Crippen molar-refractivity contribution >= 4 is 11.5 Å². The van der Waals surface area contributed by atoms with Gasteiger partial charge in [0.15, 0.2) is 5.82 Å². The molecule has 17 heavy (non-hydrogen) atoms. The fraction of sp³-hybridized carbons (Fsp3) is 0.583. The van der Waals surface area contributed by atoms with Crippen molar-refractivity contribution in [1.82, 2.24) is 19.6 Å². The summed E-state index contributed by atoms with van der Waals surface area (Å²) in [6.07, 6.45) is 6.23. The number of anilines is 1. The molecule has 5 nitrogen and oxygen atoms in total. The highest BCUT2D eigenvalue weighted by Crippen LogP contribution is 2.39. The summed E-state index contributed by atoms with van der Waals surface area (Å²) in [6, 6.07) is 0. The van der Waals surface area contributed by atoms with Gasteiger partial charge in [-0.3, -0.25) is 4.40 Å². The van der Waals surface area contributed by atoms with Gasteiger partial charge in [-0.05, 0) is 18.8 Å². The van der Waals surface area contributed by atoms with E-state index in [-0.39, 0.29) is 0 Å². The molecular weight excluding hydrogens is 214 g/mol. The SMILES string of the molecule is CC(C)CNc1nccn2c(C3CC3)nnc12. The lowest BCUT2D eigenvalue weighted by Crippen LogP contribution is -2.10. The topological polar surface area (TPSA) is 55.1 Å². The molecule has 0 unspecified atom stereocenters. The largest absolute Gasteiger partial charge is 0.367 e. The van der Waals surface area contributed by atoms with E-state index in [9.17, 15) is 0 Å². The number of nitrogens with one attached hydrogen (secondary N) is 1. The standard InChI is InChI=1S/C12H17N5/c1-8(2)7-14-10-12-16-15-11(9-3-4-9)17(12)6-5-13-10/h5-6,8-9H,3-4,7H2,1-2H3,(H,13,14). The number of nitrogens with zero attached hydrogens (tertiary/aromatic N) is 4. The highest BCUT2D eigenvalue weighted by atomic mass is 15.3. The molecule has 0 aliphatic heterocycles. The van der Waals surface area contributed by atoms with E-state index < -0.39 is 0 Å². The number of hydrogen-bond donors (Lipinski definition) is 1. The van der Waals surface area contributed by atoms with E-state index >= 15 is 0 Å². The van der Waals surface area contributed by atoms with Crippen LogP contribution in [0.3, 0.4) is 0 Å². The smallest absolute Gasteiger partial charge is 0.203 e. The second-order valence-electron chi connectivity index (χ2n) is 5.08. The average molecular weight is 231 g/mol. The third-order valence-corrected chi connectivity index (χ3v) is 2.97. The Bertz CT molecular complexity index is 527. The first-order chi connectivity index (χ1) is 8.25. The Balaban J connectivity index is 1.95. The number of aromatic nitrogens is 4. The van der Waals surface area contributed by atoms with E-state index in [1.54, 1.807) is 0 Å². The molecule has 0 bridgehead atoms. The average Bonchev–Trinajstić information content (AvgIpc) is 3.06.